The molecule has 21 heavy (non-hydrogen) atoms. The summed E-state index contributed by atoms with van der Waals surface area (Å²) in [7, 11) is 0. The molecule has 0 saturated heterocycles. The van der Waals surface area contributed by atoms with Crippen LogP contribution in [0.1, 0.15) is 0 Å². The van der Waals surface area contributed by atoms with Gasteiger partial charge in [-0.1, -0.05) is 42.5 Å². The average Bonchev–Trinajstić information content (AvgIpc) is 2.95. The first kappa shape index (κ1) is 10.8. The summed E-state index contributed by atoms with van der Waals surface area (Å²) in [4.78, 5) is 4.57. The topological polar surface area (TPSA) is 30.2 Å². The van der Waals surface area contributed by atoms with Crippen LogP contribution in [-0.4, -0.2) is 14.6 Å². The summed E-state index contributed by atoms with van der Waals surface area (Å²) < 4.78 is 2.02. The molecule has 3 heterocycles. The van der Waals surface area contributed by atoms with Gasteiger partial charge in [-0.3, -0.25) is 4.98 Å². The molecule has 0 N–H and O–H groups in total. The SMILES string of the molecule is c1ccc2c(c1)nn1c3cccnc3c3ccccc3c21. The van der Waals surface area contributed by atoms with Crippen molar-refractivity contribution in [3.63, 3.8) is 0 Å². The fourth-order valence-corrected chi connectivity index (χ4v) is 3.14. The van der Waals surface area contributed by atoms with Gasteiger partial charge in [-0.05, 0) is 18.2 Å². The fourth-order valence-electron chi connectivity index (χ4n) is 3.14. The lowest BCUT2D eigenvalue weighted by Gasteiger charge is -2.06. The first-order valence-corrected chi connectivity index (χ1v) is 6.96. The molecule has 5 aromatic rings. The van der Waals surface area contributed by atoms with Gasteiger partial charge < -0.3 is 0 Å². The third kappa shape index (κ3) is 1.32. The molecule has 3 aromatic heterocycles. The average molecular weight is 269 g/mol. The van der Waals surface area contributed by atoms with Gasteiger partial charge >= 0.3 is 0 Å². The highest BCUT2D eigenvalue weighted by Gasteiger charge is 2.13. The zero-order chi connectivity index (χ0) is 13.8. The molecule has 98 valence electrons. The van der Waals surface area contributed by atoms with E-state index in [2.05, 4.69) is 53.5 Å². The zero-order valence-corrected chi connectivity index (χ0v) is 11.2. The van der Waals surface area contributed by atoms with Crippen LogP contribution in [0.3, 0.4) is 0 Å². The maximum Gasteiger partial charge on any atom is 0.0966 e. The number of nitrogens with zero attached hydrogens (tertiary/aromatic N) is 3. The van der Waals surface area contributed by atoms with Gasteiger partial charge in [0.05, 0.1) is 22.1 Å². The molecule has 0 saturated carbocycles. The molecular formula is C18H11N3. The predicted octanol–water partition coefficient (Wildman–Crippen LogP) is 4.19. The summed E-state index contributed by atoms with van der Waals surface area (Å²) in [5.41, 5.74) is 4.21. The number of benzene rings is 2. The highest BCUT2D eigenvalue weighted by Crippen LogP contribution is 2.32. The second kappa shape index (κ2) is 3.79. The largest absolute Gasteiger partial charge is 0.254 e. The molecule has 0 aliphatic rings. The zero-order valence-electron chi connectivity index (χ0n) is 11.2. The Morgan fingerprint density at radius 2 is 1.48 bits per heavy atom. The van der Waals surface area contributed by atoms with E-state index in [4.69, 9.17) is 5.10 Å². The quantitative estimate of drug-likeness (QED) is 0.395. The van der Waals surface area contributed by atoms with Gasteiger partial charge in [0.2, 0.25) is 0 Å². The summed E-state index contributed by atoms with van der Waals surface area (Å²) in [5.74, 6) is 0. The Balaban J connectivity index is 2.25. The number of fused-ring (bicyclic) bond motifs is 8. The Morgan fingerprint density at radius 3 is 2.38 bits per heavy atom. The Bertz CT molecular complexity index is 1140. The van der Waals surface area contributed by atoms with Gasteiger partial charge in [-0.2, -0.15) is 5.10 Å². The van der Waals surface area contributed by atoms with Crippen LogP contribution in [0.2, 0.25) is 0 Å². The molecule has 0 radical (unpaired) electrons. The van der Waals surface area contributed by atoms with Crippen LogP contribution in [0.25, 0.3) is 38.2 Å². The van der Waals surface area contributed by atoms with Gasteiger partial charge in [-0.25, -0.2) is 4.52 Å². The monoisotopic (exact) mass is 269 g/mol. The van der Waals surface area contributed by atoms with Gasteiger partial charge in [0.15, 0.2) is 0 Å². The molecule has 0 atom stereocenters. The van der Waals surface area contributed by atoms with Crippen LogP contribution >= 0.6 is 0 Å². The van der Waals surface area contributed by atoms with E-state index in [1.807, 2.05) is 22.8 Å². The second-order valence-corrected chi connectivity index (χ2v) is 5.19. The summed E-state index contributed by atoms with van der Waals surface area (Å²) in [6, 6.07) is 20.7. The van der Waals surface area contributed by atoms with E-state index in [0.29, 0.717) is 0 Å². The van der Waals surface area contributed by atoms with Crippen LogP contribution in [0.15, 0.2) is 66.9 Å². The van der Waals surface area contributed by atoms with E-state index in [0.717, 1.165) is 22.1 Å². The molecule has 0 aliphatic heterocycles. The second-order valence-electron chi connectivity index (χ2n) is 5.19. The number of hydrogen-bond donors (Lipinski definition) is 0. The minimum absolute atomic E-state index is 0.994. The highest BCUT2D eigenvalue weighted by molar-refractivity contribution is 6.17. The van der Waals surface area contributed by atoms with E-state index in [-0.39, 0.29) is 0 Å². The Kier molecular flexibility index (Phi) is 1.95. The molecule has 3 nitrogen and oxygen atoms in total. The van der Waals surface area contributed by atoms with Crippen molar-refractivity contribution in [2.45, 2.75) is 0 Å². The summed E-state index contributed by atoms with van der Waals surface area (Å²) in [6.07, 6.45) is 1.84. The molecule has 5 rings (SSSR count). The lowest BCUT2D eigenvalue weighted by atomic mass is 10.1. The maximum atomic E-state index is 4.77. The molecule has 0 bridgehead atoms. The van der Waals surface area contributed by atoms with Crippen LogP contribution < -0.4 is 0 Å². The van der Waals surface area contributed by atoms with Crippen molar-refractivity contribution in [1.82, 2.24) is 14.6 Å². The van der Waals surface area contributed by atoms with Gasteiger partial charge in [0.25, 0.3) is 0 Å². The Labute approximate surface area is 120 Å². The van der Waals surface area contributed by atoms with Crippen LogP contribution in [0.4, 0.5) is 0 Å². The molecule has 2 aromatic carbocycles. The predicted molar refractivity (Wildman–Crippen MR) is 85.5 cm³/mol. The normalized spacial score (nSPS) is 11.8. The van der Waals surface area contributed by atoms with Gasteiger partial charge in [0, 0.05) is 22.4 Å². The standard InChI is InChI=1S/C18H11N3/c1-2-7-13-12(6-1)17-16(10-5-11-19-17)21-18(13)14-8-3-4-9-15(14)20-21/h1-11H. The highest BCUT2D eigenvalue weighted by atomic mass is 15.2. The molecule has 0 amide bonds. The van der Waals surface area contributed by atoms with Crippen molar-refractivity contribution in [3.05, 3.63) is 66.9 Å². The molecule has 0 aliphatic carbocycles. The minimum atomic E-state index is 0.994. The van der Waals surface area contributed by atoms with E-state index < -0.39 is 0 Å². The first-order valence-electron chi connectivity index (χ1n) is 6.96. The smallest absolute Gasteiger partial charge is 0.0966 e. The van der Waals surface area contributed by atoms with Crippen LogP contribution in [-0.2, 0) is 0 Å². The van der Waals surface area contributed by atoms with Crippen molar-refractivity contribution < 1.29 is 0 Å². The van der Waals surface area contributed by atoms with Crippen LogP contribution in [0.5, 0.6) is 0 Å². The van der Waals surface area contributed by atoms with E-state index in [1.54, 1.807) is 0 Å². The molecule has 0 fully saturated rings. The first-order chi connectivity index (χ1) is 10.4. The molecule has 0 unspecified atom stereocenters. The number of rotatable bonds is 0. The third-order valence-corrected chi connectivity index (χ3v) is 4.03. The lowest BCUT2D eigenvalue weighted by molar-refractivity contribution is 1.03. The van der Waals surface area contributed by atoms with Crippen LogP contribution in [0, 0.1) is 0 Å². The van der Waals surface area contributed by atoms with Crippen molar-refractivity contribution in [1.29, 1.82) is 0 Å². The minimum Gasteiger partial charge on any atom is -0.254 e. The summed E-state index contributed by atoms with van der Waals surface area (Å²) >= 11 is 0. The van der Waals surface area contributed by atoms with E-state index in [9.17, 15) is 0 Å². The Hall–Kier alpha value is -2.94. The lowest BCUT2D eigenvalue weighted by Crippen LogP contribution is -1.93. The number of hydrogen-bond acceptors (Lipinski definition) is 2. The summed E-state index contributed by atoms with van der Waals surface area (Å²) in [6.45, 7) is 0. The number of pyridine rings is 2. The van der Waals surface area contributed by atoms with Crippen molar-refractivity contribution in [2.75, 3.05) is 0 Å². The molecule has 0 spiro atoms. The number of aromatic nitrogens is 3. The van der Waals surface area contributed by atoms with Gasteiger partial charge in [-0.15, -0.1) is 0 Å². The Morgan fingerprint density at radius 1 is 0.714 bits per heavy atom. The fraction of sp³-hybridized carbons (Fsp3) is 0. The van der Waals surface area contributed by atoms with Gasteiger partial charge in [0.1, 0.15) is 0 Å². The van der Waals surface area contributed by atoms with Crippen molar-refractivity contribution >= 4 is 38.2 Å². The van der Waals surface area contributed by atoms with E-state index in [1.165, 1.54) is 16.2 Å². The third-order valence-electron chi connectivity index (χ3n) is 4.03. The van der Waals surface area contributed by atoms with Crippen molar-refractivity contribution in [2.24, 2.45) is 0 Å². The molecular weight excluding hydrogens is 258 g/mol. The molecule has 3 heteroatoms. The summed E-state index contributed by atoms with van der Waals surface area (Å²) in [5, 5.41) is 8.31. The maximum absolute atomic E-state index is 4.77. The van der Waals surface area contributed by atoms with Crippen molar-refractivity contribution in [3.8, 4) is 0 Å². The van der Waals surface area contributed by atoms with E-state index >= 15 is 0 Å².